The van der Waals surface area contributed by atoms with E-state index in [0.717, 1.165) is 4.90 Å². The van der Waals surface area contributed by atoms with E-state index in [1.54, 1.807) is 121 Å². The number of aliphatic hydroxyl groups excluding tert-OH is 1. The monoisotopic (exact) mass is 809 g/mol. The maximum absolute atomic E-state index is 14.1. The van der Waals surface area contributed by atoms with Crippen molar-refractivity contribution >= 4 is 63.3 Å². The van der Waals surface area contributed by atoms with Gasteiger partial charge >= 0.3 is 11.9 Å². The highest BCUT2D eigenvalue weighted by molar-refractivity contribution is 14.1. The number of aliphatic hydroxyl groups is 1. The Morgan fingerprint density at radius 1 is 0.692 bits per heavy atom. The molecule has 1 aliphatic rings. The molecule has 2 aromatic heterocycles. The van der Waals surface area contributed by atoms with Crippen molar-refractivity contribution in [2.75, 3.05) is 11.5 Å². The fourth-order valence-electron chi connectivity index (χ4n) is 5.80. The zero-order chi connectivity index (χ0) is 36.2. The Kier molecular flexibility index (Phi) is 10.1. The molecule has 3 heterocycles. The molecule has 14 heteroatoms. The van der Waals surface area contributed by atoms with E-state index in [-0.39, 0.29) is 43.1 Å². The van der Waals surface area contributed by atoms with E-state index in [2.05, 4.69) is 15.0 Å². The largest absolute Gasteiger partial charge is 0.452 e. The van der Waals surface area contributed by atoms with Crippen LogP contribution in [-0.2, 0) is 14.2 Å². The zero-order valence-electron chi connectivity index (χ0n) is 27.1. The molecule has 0 bridgehead atoms. The van der Waals surface area contributed by atoms with Gasteiger partial charge in [0.2, 0.25) is 0 Å². The van der Waals surface area contributed by atoms with Gasteiger partial charge in [-0.15, -0.1) is 0 Å². The molecule has 6 aromatic rings. The van der Waals surface area contributed by atoms with Gasteiger partial charge in [-0.3, -0.25) is 14.2 Å². The average molecular weight is 810 g/mol. The molecule has 1 saturated heterocycles. The lowest BCUT2D eigenvalue weighted by molar-refractivity contribution is -0.0566. The Balaban J connectivity index is 1.33. The van der Waals surface area contributed by atoms with Gasteiger partial charge in [0.05, 0.1) is 24.1 Å². The lowest BCUT2D eigenvalue weighted by Crippen LogP contribution is -2.40. The smallest absolute Gasteiger partial charge is 0.338 e. The Morgan fingerprint density at radius 3 is 1.63 bits per heavy atom. The number of hydrogen-bond donors (Lipinski definition) is 1. The quantitative estimate of drug-likeness (QED) is 0.0878. The molecule has 1 N–H and O–H groups in total. The van der Waals surface area contributed by atoms with Crippen LogP contribution in [0, 0.1) is 3.83 Å². The molecule has 0 spiro atoms. The average Bonchev–Trinajstić information content (AvgIpc) is 3.76. The molecule has 1 fully saturated rings. The maximum Gasteiger partial charge on any atom is 0.338 e. The second kappa shape index (κ2) is 15.2. The van der Waals surface area contributed by atoms with Crippen LogP contribution in [0.1, 0.15) is 47.7 Å². The Bertz CT molecular complexity index is 2190. The summed E-state index contributed by atoms with van der Waals surface area (Å²) >= 11 is 1.86. The van der Waals surface area contributed by atoms with E-state index in [9.17, 15) is 24.3 Å². The second-order valence-corrected chi connectivity index (χ2v) is 12.5. The molecule has 52 heavy (non-hydrogen) atoms. The molecule has 260 valence electrons. The van der Waals surface area contributed by atoms with Crippen LogP contribution in [0.3, 0.4) is 0 Å². The van der Waals surface area contributed by atoms with Gasteiger partial charge in [-0.05, 0) is 48.5 Å². The molecule has 0 radical (unpaired) electrons. The van der Waals surface area contributed by atoms with Crippen LogP contribution >= 0.6 is 22.6 Å². The number of aromatic nitrogens is 4. The van der Waals surface area contributed by atoms with E-state index in [1.807, 2.05) is 22.6 Å². The Labute approximate surface area is 310 Å². The third kappa shape index (κ3) is 6.90. The predicted octanol–water partition coefficient (Wildman–Crippen LogP) is 5.26. The van der Waals surface area contributed by atoms with Gasteiger partial charge in [-0.1, -0.05) is 72.8 Å². The zero-order valence-corrected chi connectivity index (χ0v) is 29.2. The number of carbonyl (C=O) groups is 4. The fourth-order valence-corrected chi connectivity index (χ4v) is 6.26. The minimum absolute atomic E-state index is 0.0518. The summed E-state index contributed by atoms with van der Waals surface area (Å²) in [5.74, 6) is -2.86. The van der Waals surface area contributed by atoms with Crippen LogP contribution in [0.2, 0.25) is 0 Å². The number of amides is 2. The summed E-state index contributed by atoms with van der Waals surface area (Å²) in [5.41, 5.74) is 1.09. The molecule has 1 aliphatic heterocycles. The van der Waals surface area contributed by atoms with Crippen LogP contribution in [-0.4, -0.2) is 73.3 Å². The van der Waals surface area contributed by atoms with Crippen molar-refractivity contribution < 1.29 is 38.5 Å². The van der Waals surface area contributed by atoms with Crippen LogP contribution in [0.25, 0.3) is 11.2 Å². The normalized spacial score (nSPS) is 18.1. The number of halogens is 1. The molecular weight excluding hydrogens is 781 g/mol. The van der Waals surface area contributed by atoms with E-state index >= 15 is 0 Å². The Hall–Kier alpha value is -5.84. The number of ether oxygens (including phenoxy) is 3. The van der Waals surface area contributed by atoms with Crippen molar-refractivity contribution in [3.05, 3.63) is 154 Å². The lowest BCUT2D eigenvalue weighted by Gasteiger charge is -2.25. The highest BCUT2D eigenvalue weighted by atomic mass is 127. The number of imide groups is 1. The second-order valence-electron chi connectivity index (χ2n) is 11.5. The summed E-state index contributed by atoms with van der Waals surface area (Å²) in [4.78, 5) is 69.5. The number of anilines is 1. The Morgan fingerprint density at radius 2 is 1.15 bits per heavy atom. The van der Waals surface area contributed by atoms with Crippen LogP contribution < -0.4 is 4.90 Å². The summed E-state index contributed by atoms with van der Waals surface area (Å²) in [6, 6.07) is 33.0. The number of carbonyl (C=O) groups excluding carboxylic acids is 4. The van der Waals surface area contributed by atoms with Gasteiger partial charge < -0.3 is 19.3 Å². The number of rotatable bonds is 9. The molecule has 4 aromatic carbocycles. The summed E-state index contributed by atoms with van der Waals surface area (Å²) < 4.78 is 19.7. The van der Waals surface area contributed by atoms with Crippen LogP contribution in [0.5, 0.6) is 0 Å². The number of benzene rings is 4. The SMILES string of the molecule is O=C(O[C@@H]1[C@H](OC(=O)c2ccccc2)[C@@H](CO)O[C@H]1n1cnc2c(N(C(=O)c3ccccc3)C(=O)c3ccccc3)nc(I)nc21)c1ccccc1. The number of fused-ring (bicyclic) bond motifs is 1. The predicted molar refractivity (Wildman–Crippen MR) is 194 cm³/mol. The van der Waals surface area contributed by atoms with Gasteiger partial charge in [-0.25, -0.2) is 29.4 Å². The van der Waals surface area contributed by atoms with Crippen molar-refractivity contribution in [2.24, 2.45) is 0 Å². The molecule has 13 nitrogen and oxygen atoms in total. The van der Waals surface area contributed by atoms with Crippen LogP contribution in [0.15, 0.2) is 128 Å². The topological polar surface area (TPSA) is 163 Å². The highest BCUT2D eigenvalue weighted by Gasteiger charge is 2.51. The molecular formula is C38H28IN5O8. The van der Waals surface area contributed by atoms with Crippen molar-refractivity contribution in [3.63, 3.8) is 0 Å². The third-order valence-corrected chi connectivity index (χ3v) is 8.76. The minimum Gasteiger partial charge on any atom is -0.452 e. The van der Waals surface area contributed by atoms with E-state index in [1.165, 1.54) is 10.9 Å². The van der Waals surface area contributed by atoms with Gasteiger partial charge in [-0.2, -0.15) is 0 Å². The summed E-state index contributed by atoms with van der Waals surface area (Å²) in [5, 5.41) is 10.4. The minimum atomic E-state index is -1.32. The van der Waals surface area contributed by atoms with Crippen LogP contribution in [0.4, 0.5) is 5.82 Å². The summed E-state index contributed by atoms with van der Waals surface area (Å²) in [6.07, 6.45) is -3.64. The number of imidazole rings is 1. The summed E-state index contributed by atoms with van der Waals surface area (Å²) in [6.45, 7) is -0.599. The number of esters is 2. The molecule has 0 unspecified atom stereocenters. The van der Waals surface area contributed by atoms with Crippen molar-refractivity contribution in [3.8, 4) is 0 Å². The molecule has 0 aliphatic carbocycles. The first kappa shape index (κ1) is 34.6. The maximum atomic E-state index is 14.1. The third-order valence-electron chi connectivity index (χ3n) is 8.28. The lowest BCUT2D eigenvalue weighted by atomic mass is 10.1. The van der Waals surface area contributed by atoms with Crippen molar-refractivity contribution in [2.45, 2.75) is 24.5 Å². The standard InChI is InChI=1S/C38H28IN5O8/c39-38-41-31-28(32(42-38)44(33(46)23-13-5-1-6-14-23)34(47)24-15-7-2-8-16-24)40-22-43(31)35-30(52-37(49)26-19-11-4-12-20-26)29(27(21-45)50-35)51-36(48)25-17-9-3-10-18-25/h1-20,22,27,29-30,35,45H,21H2/t27-,29-,30-,35-/m1/s1. The first-order chi connectivity index (χ1) is 25.3. The van der Waals surface area contributed by atoms with E-state index in [0.29, 0.717) is 0 Å². The van der Waals surface area contributed by atoms with E-state index < -0.39 is 54.9 Å². The van der Waals surface area contributed by atoms with Crippen molar-refractivity contribution in [1.82, 2.24) is 19.5 Å². The first-order valence-electron chi connectivity index (χ1n) is 16.0. The molecule has 4 atom stereocenters. The highest BCUT2D eigenvalue weighted by Crippen LogP contribution is 2.38. The van der Waals surface area contributed by atoms with Gasteiger partial charge in [0.1, 0.15) is 6.10 Å². The fraction of sp³-hybridized carbons (Fsp3) is 0.132. The molecule has 0 saturated carbocycles. The molecule has 2 amide bonds. The number of hydrogen-bond acceptors (Lipinski definition) is 11. The van der Waals surface area contributed by atoms with Gasteiger partial charge in [0, 0.05) is 33.7 Å². The van der Waals surface area contributed by atoms with Gasteiger partial charge in [0.25, 0.3) is 11.8 Å². The molecule has 7 rings (SSSR count). The van der Waals surface area contributed by atoms with E-state index in [4.69, 9.17) is 14.2 Å². The van der Waals surface area contributed by atoms with Gasteiger partial charge in [0.15, 0.2) is 39.2 Å². The van der Waals surface area contributed by atoms with Crippen molar-refractivity contribution in [1.29, 1.82) is 0 Å². The number of nitrogens with zero attached hydrogens (tertiary/aromatic N) is 5. The summed E-state index contributed by atoms with van der Waals surface area (Å²) in [7, 11) is 0. The first-order valence-corrected chi connectivity index (χ1v) is 17.1.